The zero-order chi connectivity index (χ0) is 33.8. The number of nitrogens with zero attached hydrogens (tertiary/aromatic N) is 3. The number of alkyl halides is 3. The Labute approximate surface area is 278 Å². The fourth-order valence-corrected chi connectivity index (χ4v) is 9.29. The van der Waals surface area contributed by atoms with E-state index < -0.39 is 29.1 Å². The van der Waals surface area contributed by atoms with Gasteiger partial charge in [-0.15, -0.1) is 0 Å². The summed E-state index contributed by atoms with van der Waals surface area (Å²) in [7, 11) is 3.02. The van der Waals surface area contributed by atoms with Gasteiger partial charge in [-0.2, -0.15) is 18.2 Å². The number of carbonyl (C=O) groups excluding carboxylic acids is 1. The number of aryl methyl sites for hydroxylation is 1. The van der Waals surface area contributed by atoms with E-state index in [0.29, 0.717) is 46.7 Å². The van der Waals surface area contributed by atoms with E-state index in [1.807, 2.05) is 18.2 Å². The van der Waals surface area contributed by atoms with Crippen LogP contribution in [0, 0.1) is 24.7 Å². The molecule has 256 valence electrons. The van der Waals surface area contributed by atoms with Crippen LogP contribution in [0.5, 0.6) is 5.75 Å². The first-order valence-corrected chi connectivity index (χ1v) is 16.9. The maximum atomic E-state index is 14.0. The Morgan fingerprint density at radius 1 is 1.06 bits per heavy atom. The Hall–Kier alpha value is -3.90. The number of carbonyl (C=O) groups is 1. The number of benzene rings is 2. The number of para-hydroxylation sites is 1. The second-order valence-corrected chi connectivity index (χ2v) is 14.2. The van der Waals surface area contributed by atoms with Crippen molar-refractivity contribution in [2.45, 2.75) is 75.6 Å². The zero-order valence-corrected chi connectivity index (χ0v) is 27.5. The van der Waals surface area contributed by atoms with Crippen LogP contribution >= 0.6 is 0 Å². The number of aromatic nitrogens is 2. The van der Waals surface area contributed by atoms with Gasteiger partial charge in [-0.25, -0.2) is 4.98 Å². The van der Waals surface area contributed by atoms with Crippen molar-refractivity contribution in [3.8, 4) is 5.75 Å². The summed E-state index contributed by atoms with van der Waals surface area (Å²) in [6, 6.07) is 11.4. The van der Waals surface area contributed by atoms with Crippen molar-refractivity contribution in [1.82, 2.24) is 20.2 Å². The minimum absolute atomic E-state index is 0.0553. The second-order valence-electron chi connectivity index (χ2n) is 14.2. The second kappa shape index (κ2) is 12.5. The molecule has 1 amide bonds. The Bertz CT molecular complexity index is 1680. The molecule has 1 aliphatic heterocycles. The molecule has 2 aromatic carbocycles. The lowest BCUT2D eigenvalue weighted by molar-refractivity contribution is -0.162. The van der Waals surface area contributed by atoms with Crippen LogP contribution in [-0.4, -0.2) is 64.8 Å². The zero-order valence-electron chi connectivity index (χ0n) is 27.5. The highest BCUT2D eigenvalue weighted by Gasteiger charge is 2.56. The van der Waals surface area contributed by atoms with Gasteiger partial charge in [0.1, 0.15) is 17.1 Å². The topological polar surface area (TPSA) is 112 Å². The quantitative estimate of drug-likeness (QED) is 0.209. The highest BCUT2D eigenvalue weighted by Crippen LogP contribution is 2.57. The highest BCUT2D eigenvalue weighted by molar-refractivity contribution is 6.00. The average Bonchev–Trinajstić information content (AvgIpc) is 3.04. The van der Waals surface area contributed by atoms with Crippen LogP contribution in [0.3, 0.4) is 0 Å². The number of amides is 1. The van der Waals surface area contributed by atoms with Crippen LogP contribution in [0.25, 0.3) is 0 Å². The average molecular weight is 665 g/mol. The van der Waals surface area contributed by atoms with E-state index in [2.05, 4.69) is 30.8 Å². The number of hydrogen-bond donors (Lipinski definition) is 4. The van der Waals surface area contributed by atoms with Crippen molar-refractivity contribution in [1.29, 1.82) is 0 Å². The molecule has 4 saturated carbocycles. The number of anilines is 4. The number of likely N-dealkylation sites (tertiary alicyclic amines) is 1. The Morgan fingerprint density at radius 3 is 2.44 bits per heavy atom. The van der Waals surface area contributed by atoms with E-state index in [9.17, 15) is 23.1 Å². The summed E-state index contributed by atoms with van der Waals surface area (Å²) in [5.41, 5.74) is 1.21. The Kier molecular flexibility index (Phi) is 8.52. The van der Waals surface area contributed by atoms with Crippen molar-refractivity contribution in [2.75, 3.05) is 37.9 Å². The molecule has 9 nitrogen and oxygen atoms in total. The number of ether oxygens (including phenoxy) is 1. The standard InChI is InChI=1S/C36H43F3N6O3/c1-20-5-4-6-26(33(46)40-2)30(20)43-32-27(36(37,38)39)19-41-34(44-32)42-28-8-7-23(15-29(28)48-3)22-9-11-45(12-10-22)31-24-13-21-14-25(31)18-35(47,16-21)17-24/h4-8,15,19,21-22,24-25,31,47H,9-14,16-18H2,1-3H3,(H,40,46)(H2,41,42,43,44)/t21?,24?,25?,31-,35+. The first-order chi connectivity index (χ1) is 22.9. The van der Waals surface area contributed by atoms with Gasteiger partial charge in [0.05, 0.1) is 29.6 Å². The predicted molar refractivity (Wildman–Crippen MR) is 177 cm³/mol. The molecule has 1 saturated heterocycles. The lowest BCUT2D eigenvalue weighted by Gasteiger charge is -2.61. The van der Waals surface area contributed by atoms with E-state index >= 15 is 0 Å². The van der Waals surface area contributed by atoms with Gasteiger partial charge in [0, 0.05) is 19.3 Å². The molecule has 0 spiro atoms. The van der Waals surface area contributed by atoms with Crippen LogP contribution < -0.4 is 20.7 Å². The summed E-state index contributed by atoms with van der Waals surface area (Å²) in [6.45, 7) is 3.77. The lowest BCUT2D eigenvalue weighted by atomic mass is 9.52. The largest absolute Gasteiger partial charge is 0.495 e. The number of rotatable bonds is 8. The minimum Gasteiger partial charge on any atom is -0.495 e. The van der Waals surface area contributed by atoms with E-state index in [-0.39, 0.29) is 17.2 Å². The first-order valence-electron chi connectivity index (χ1n) is 16.9. The number of nitrogens with one attached hydrogen (secondary N) is 3. The Balaban J connectivity index is 1.07. The third kappa shape index (κ3) is 6.20. The SMILES string of the molecule is CNC(=O)c1cccc(C)c1Nc1nc(Nc2ccc(C3CCN([C@H]4C5CC6CC4C[C@@](O)(C6)C5)CC3)cc2OC)ncc1C(F)(F)F. The predicted octanol–water partition coefficient (Wildman–Crippen LogP) is 6.78. The van der Waals surface area contributed by atoms with Crippen LogP contribution in [-0.2, 0) is 6.18 Å². The summed E-state index contributed by atoms with van der Waals surface area (Å²) < 4.78 is 47.9. The normalized spacial score (nSPS) is 27.1. The molecule has 2 atom stereocenters. The molecule has 4 aliphatic carbocycles. The van der Waals surface area contributed by atoms with Gasteiger partial charge in [0.2, 0.25) is 5.95 Å². The molecule has 2 heterocycles. The third-order valence-corrected chi connectivity index (χ3v) is 11.2. The summed E-state index contributed by atoms with van der Waals surface area (Å²) in [5, 5.41) is 19.4. The van der Waals surface area contributed by atoms with Gasteiger partial charge in [-0.3, -0.25) is 9.69 Å². The highest BCUT2D eigenvalue weighted by atomic mass is 19.4. The Morgan fingerprint density at radius 2 is 1.79 bits per heavy atom. The lowest BCUT2D eigenvalue weighted by Crippen LogP contribution is -2.62. The van der Waals surface area contributed by atoms with Gasteiger partial charge in [-0.05, 0) is 118 Å². The smallest absolute Gasteiger partial charge is 0.421 e. The van der Waals surface area contributed by atoms with E-state index in [1.165, 1.54) is 26.0 Å². The molecule has 4 bridgehead atoms. The monoisotopic (exact) mass is 664 g/mol. The van der Waals surface area contributed by atoms with Gasteiger partial charge in [0.25, 0.3) is 5.91 Å². The number of halogens is 3. The molecule has 0 radical (unpaired) electrons. The third-order valence-electron chi connectivity index (χ3n) is 11.2. The molecule has 5 aliphatic rings. The molecule has 12 heteroatoms. The van der Waals surface area contributed by atoms with E-state index in [1.54, 1.807) is 26.2 Å². The fourth-order valence-electron chi connectivity index (χ4n) is 9.29. The molecule has 1 aromatic heterocycles. The van der Waals surface area contributed by atoms with Crippen molar-refractivity contribution in [3.63, 3.8) is 0 Å². The van der Waals surface area contributed by atoms with Crippen molar-refractivity contribution >= 4 is 29.0 Å². The molecular weight excluding hydrogens is 621 g/mol. The molecule has 3 aromatic rings. The van der Waals surface area contributed by atoms with Gasteiger partial charge < -0.3 is 25.8 Å². The van der Waals surface area contributed by atoms with Crippen molar-refractivity contribution in [2.24, 2.45) is 17.8 Å². The van der Waals surface area contributed by atoms with Gasteiger partial charge >= 0.3 is 6.18 Å². The summed E-state index contributed by atoms with van der Waals surface area (Å²) >= 11 is 0. The summed E-state index contributed by atoms with van der Waals surface area (Å²) in [4.78, 5) is 23.4. The first kappa shape index (κ1) is 32.6. The number of methoxy groups -OCH3 is 1. The number of hydrogen-bond acceptors (Lipinski definition) is 8. The van der Waals surface area contributed by atoms with Crippen LogP contribution in [0.15, 0.2) is 42.6 Å². The van der Waals surface area contributed by atoms with E-state index in [4.69, 9.17) is 4.74 Å². The van der Waals surface area contributed by atoms with Crippen molar-refractivity contribution < 1.29 is 27.8 Å². The molecule has 8 rings (SSSR count). The van der Waals surface area contributed by atoms with Crippen molar-refractivity contribution in [3.05, 3.63) is 64.8 Å². The van der Waals surface area contributed by atoms with Gasteiger partial charge in [-0.1, -0.05) is 18.2 Å². The fraction of sp³-hybridized carbons (Fsp3) is 0.528. The van der Waals surface area contributed by atoms with Gasteiger partial charge in [0.15, 0.2) is 0 Å². The minimum atomic E-state index is -4.73. The molecule has 2 unspecified atom stereocenters. The number of aliphatic hydroxyl groups is 1. The molecular formula is C36H43F3N6O3. The maximum Gasteiger partial charge on any atom is 0.421 e. The summed E-state index contributed by atoms with van der Waals surface area (Å²) in [6.07, 6.45) is 3.50. The number of piperidine rings is 1. The molecule has 4 N–H and O–H groups in total. The molecule has 5 fully saturated rings. The van der Waals surface area contributed by atoms with E-state index in [0.717, 1.165) is 57.0 Å². The maximum absolute atomic E-state index is 14.0. The van der Waals surface area contributed by atoms with Crippen LogP contribution in [0.1, 0.15) is 77.9 Å². The summed E-state index contributed by atoms with van der Waals surface area (Å²) in [5.74, 6) is 1.86. The van der Waals surface area contributed by atoms with Crippen LogP contribution in [0.4, 0.5) is 36.3 Å². The molecule has 48 heavy (non-hydrogen) atoms. The van der Waals surface area contributed by atoms with Crippen LogP contribution in [0.2, 0.25) is 0 Å².